The van der Waals surface area contributed by atoms with E-state index >= 15 is 0 Å². The van der Waals surface area contributed by atoms with Gasteiger partial charge in [-0.3, -0.25) is 0 Å². The van der Waals surface area contributed by atoms with Gasteiger partial charge in [0.05, 0.1) is 5.52 Å². The summed E-state index contributed by atoms with van der Waals surface area (Å²) in [5, 5.41) is 1.20. The topological polar surface area (TPSA) is 32.3 Å². The van der Waals surface area contributed by atoms with Crippen molar-refractivity contribution in [2.24, 2.45) is 5.92 Å². The van der Waals surface area contributed by atoms with Gasteiger partial charge in [0.1, 0.15) is 12.1 Å². The fourth-order valence-electron chi connectivity index (χ4n) is 4.21. The second kappa shape index (κ2) is 7.92. The SMILES string of the molecule is CSc1ccc2ncnc(N3CCC(CCN4CCCC4)CC3)c2c1. The minimum absolute atomic E-state index is 0.881. The van der Waals surface area contributed by atoms with Gasteiger partial charge in [-0.1, -0.05) is 0 Å². The standard InChI is InChI=1S/C20H28N4S/c1-25-17-4-5-19-18(14-17)20(22-15-21-19)24-12-7-16(8-13-24)6-11-23-9-2-3-10-23/h4-5,14-16H,2-3,6-13H2,1H3. The Labute approximate surface area is 155 Å². The lowest BCUT2D eigenvalue weighted by Crippen LogP contribution is -2.35. The summed E-state index contributed by atoms with van der Waals surface area (Å²) in [7, 11) is 0. The van der Waals surface area contributed by atoms with Gasteiger partial charge in [0, 0.05) is 23.4 Å². The van der Waals surface area contributed by atoms with Crippen molar-refractivity contribution in [3.63, 3.8) is 0 Å². The van der Waals surface area contributed by atoms with Crippen LogP contribution in [0.25, 0.3) is 10.9 Å². The molecule has 25 heavy (non-hydrogen) atoms. The van der Waals surface area contributed by atoms with Crippen molar-refractivity contribution in [1.29, 1.82) is 0 Å². The lowest BCUT2D eigenvalue weighted by Gasteiger charge is -2.34. The van der Waals surface area contributed by atoms with Gasteiger partial charge >= 0.3 is 0 Å². The third-order valence-corrected chi connectivity index (χ3v) is 6.51. The third-order valence-electron chi connectivity index (χ3n) is 5.79. The second-order valence-electron chi connectivity index (χ2n) is 7.35. The van der Waals surface area contributed by atoms with Crippen molar-refractivity contribution in [3.05, 3.63) is 24.5 Å². The van der Waals surface area contributed by atoms with Crippen LogP contribution in [0.5, 0.6) is 0 Å². The van der Waals surface area contributed by atoms with Crippen LogP contribution in [0.3, 0.4) is 0 Å². The van der Waals surface area contributed by atoms with Crippen LogP contribution in [0.15, 0.2) is 29.4 Å². The molecule has 0 atom stereocenters. The van der Waals surface area contributed by atoms with Gasteiger partial charge in [-0.25, -0.2) is 9.97 Å². The van der Waals surface area contributed by atoms with Crippen molar-refractivity contribution >= 4 is 28.5 Å². The van der Waals surface area contributed by atoms with E-state index in [4.69, 9.17) is 0 Å². The van der Waals surface area contributed by atoms with E-state index in [1.807, 2.05) is 0 Å². The summed E-state index contributed by atoms with van der Waals surface area (Å²) in [5.41, 5.74) is 1.05. The first-order valence-corrected chi connectivity index (χ1v) is 10.8. The number of thioether (sulfide) groups is 1. The van der Waals surface area contributed by atoms with Crippen LogP contribution in [-0.2, 0) is 0 Å². The quantitative estimate of drug-likeness (QED) is 0.755. The molecule has 3 heterocycles. The number of aromatic nitrogens is 2. The Kier molecular flexibility index (Phi) is 5.42. The lowest BCUT2D eigenvalue weighted by molar-refractivity contribution is 0.280. The van der Waals surface area contributed by atoms with Crippen LogP contribution in [0, 0.1) is 5.92 Å². The number of anilines is 1. The molecule has 1 aromatic heterocycles. The van der Waals surface area contributed by atoms with E-state index in [2.05, 4.69) is 44.2 Å². The summed E-state index contributed by atoms with van der Waals surface area (Å²) in [4.78, 5) is 15.5. The molecule has 2 aliphatic rings. The van der Waals surface area contributed by atoms with Gasteiger partial charge in [0.25, 0.3) is 0 Å². The van der Waals surface area contributed by atoms with Crippen molar-refractivity contribution in [2.45, 2.75) is 37.0 Å². The highest BCUT2D eigenvalue weighted by atomic mass is 32.2. The molecular formula is C20H28N4S. The number of hydrogen-bond donors (Lipinski definition) is 0. The van der Waals surface area contributed by atoms with Crippen LogP contribution in [0.4, 0.5) is 5.82 Å². The van der Waals surface area contributed by atoms with Crippen LogP contribution in [-0.4, -0.2) is 53.8 Å². The monoisotopic (exact) mass is 356 g/mol. The van der Waals surface area contributed by atoms with Crippen molar-refractivity contribution < 1.29 is 0 Å². The maximum Gasteiger partial charge on any atom is 0.139 e. The number of piperidine rings is 1. The largest absolute Gasteiger partial charge is 0.356 e. The average Bonchev–Trinajstić information content (AvgIpc) is 3.19. The van der Waals surface area contributed by atoms with Crippen LogP contribution in [0.2, 0.25) is 0 Å². The molecule has 2 aromatic rings. The summed E-state index contributed by atoms with van der Waals surface area (Å²) < 4.78 is 0. The van der Waals surface area contributed by atoms with Gasteiger partial charge in [-0.2, -0.15) is 0 Å². The fraction of sp³-hybridized carbons (Fsp3) is 0.600. The van der Waals surface area contributed by atoms with Gasteiger partial charge in [0.15, 0.2) is 0 Å². The zero-order valence-corrected chi connectivity index (χ0v) is 16.0. The molecule has 5 heteroatoms. The summed E-state index contributed by atoms with van der Waals surface area (Å²) in [5.74, 6) is 2.01. The second-order valence-corrected chi connectivity index (χ2v) is 8.23. The number of likely N-dealkylation sites (tertiary alicyclic amines) is 1. The molecule has 134 valence electrons. The highest BCUT2D eigenvalue weighted by molar-refractivity contribution is 7.98. The summed E-state index contributed by atoms with van der Waals surface area (Å²) in [6.45, 7) is 6.20. The van der Waals surface area contributed by atoms with Gasteiger partial charge < -0.3 is 9.80 Å². The Hall–Kier alpha value is -1.33. The molecule has 0 aliphatic carbocycles. The number of nitrogens with zero attached hydrogens (tertiary/aromatic N) is 4. The molecule has 1 aromatic carbocycles. The van der Waals surface area contributed by atoms with E-state index in [1.165, 1.54) is 62.0 Å². The van der Waals surface area contributed by atoms with Gasteiger partial charge in [-0.05, 0) is 82.1 Å². The highest BCUT2D eigenvalue weighted by Gasteiger charge is 2.22. The smallest absolute Gasteiger partial charge is 0.139 e. The van der Waals surface area contributed by atoms with Crippen LogP contribution in [0.1, 0.15) is 32.1 Å². The third kappa shape index (κ3) is 3.93. The summed E-state index contributed by atoms with van der Waals surface area (Å²) in [6, 6.07) is 6.51. The van der Waals surface area contributed by atoms with E-state index < -0.39 is 0 Å². The van der Waals surface area contributed by atoms with Crippen molar-refractivity contribution in [3.8, 4) is 0 Å². The molecule has 0 N–H and O–H groups in total. The number of rotatable bonds is 5. The molecule has 2 saturated heterocycles. The molecular weight excluding hydrogens is 328 g/mol. The highest BCUT2D eigenvalue weighted by Crippen LogP contribution is 2.31. The van der Waals surface area contributed by atoms with E-state index in [9.17, 15) is 0 Å². The summed E-state index contributed by atoms with van der Waals surface area (Å²) in [6.07, 6.45) is 10.6. The Morgan fingerprint density at radius 2 is 1.88 bits per heavy atom. The predicted molar refractivity (Wildman–Crippen MR) is 107 cm³/mol. The van der Waals surface area contributed by atoms with Crippen molar-refractivity contribution in [2.75, 3.05) is 43.9 Å². The number of hydrogen-bond acceptors (Lipinski definition) is 5. The van der Waals surface area contributed by atoms with Crippen LogP contribution < -0.4 is 4.90 Å². The molecule has 0 radical (unpaired) electrons. The number of benzene rings is 1. The van der Waals surface area contributed by atoms with E-state index in [0.717, 1.165) is 30.3 Å². The molecule has 0 spiro atoms. The van der Waals surface area contributed by atoms with Gasteiger partial charge in [0.2, 0.25) is 0 Å². The molecule has 2 fully saturated rings. The lowest BCUT2D eigenvalue weighted by atomic mass is 9.93. The molecule has 4 rings (SSSR count). The number of fused-ring (bicyclic) bond motifs is 1. The molecule has 0 bridgehead atoms. The predicted octanol–water partition coefficient (Wildman–Crippen LogP) is 4.05. The minimum atomic E-state index is 0.881. The molecule has 0 amide bonds. The molecule has 0 saturated carbocycles. The maximum absolute atomic E-state index is 4.64. The Balaban J connectivity index is 1.41. The van der Waals surface area contributed by atoms with E-state index in [-0.39, 0.29) is 0 Å². The first-order chi connectivity index (χ1) is 12.3. The molecule has 2 aliphatic heterocycles. The van der Waals surface area contributed by atoms with E-state index in [0.29, 0.717) is 0 Å². The zero-order chi connectivity index (χ0) is 17.1. The molecule has 4 nitrogen and oxygen atoms in total. The Bertz CT molecular complexity index is 706. The summed E-state index contributed by atoms with van der Waals surface area (Å²) >= 11 is 1.78. The Morgan fingerprint density at radius 3 is 2.64 bits per heavy atom. The van der Waals surface area contributed by atoms with E-state index in [1.54, 1.807) is 18.1 Å². The van der Waals surface area contributed by atoms with Crippen molar-refractivity contribution in [1.82, 2.24) is 14.9 Å². The Morgan fingerprint density at radius 1 is 1.08 bits per heavy atom. The zero-order valence-electron chi connectivity index (χ0n) is 15.2. The fourth-order valence-corrected chi connectivity index (χ4v) is 4.65. The molecule has 0 unspecified atom stereocenters. The maximum atomic E-state index is 4.64. The van der Waals surface area contributed by atoms with Crippen LogP contribution >= 0.6 is 11.8 Å². The normalized spacial score (nSPS) is 19.8. The first-order valence-electron chi connectivity index (χ1n) is 9.59. The minimum Gasteiger partial charge on any atom is -0.356 e. The van der Waals surface area contributed by atoms with Gasteiger partial charge in [-0.15, -0.1) is 11.8 Å². The average molecular weight is 357 g/mol. The first kappa shape index (κ1) is 17.1.